The summed E-state index contributed by atoms with van der Waals surface area (Å²) in [7, 11) is 0. The molecule has 0 aromatic carbocycles. The van der Waals surface area contributed by atoms with Crippen LogP contribution in [0.1, 0.15) is 58.3 Å². The Hall–Kier alpha value is -2.03. The molecule has 2 bridgehead atoms. The van der Waals surface area contributed by atoms with Gasteiger partial charge in [-0.1, -0.05) is 54.2 Å². The average molecular weight is 501 g/mol. The number of carbonyl (C=O) groups is 1. The Labute approximate surface area is 214 Å². The van der Waals surface area contributed by atoms with Crippen LogP contribution in [0.4, 0.5) is 0 Å². The molecule has 1 saturated heterocycles. The fourth-order valence-electron chi connectivity index (χ4n) is 5.05. The maximum absolute atomic E-state index is 12.6. The van der Waals surface area contributed by atoms with Gasteiger partial charge in [0.25, 0.3) is 0 Å². The Morgan fingerprint density at radius 3 is 2.86 bits per heavy atom. The summed E-state index contributed by atoms with van der Waals surface area (Å²) in [6.07, 6.45) is 15.3. The average Bonchev–Trinajstić information content (AvgIpc) is 3.61. The van der Waals surface area contributed by atoms with Gasteiger partial charge in [0.05, 0.1) is 37.1 Å². The van der Waals surface area contributed by atoms with Gasteiger partial charge in [-0.3, -0.25) is 0 Å². The third-order valence-electron chi connectivity index (χ3n) is 7.19. The van der Waals surface area contributed by atoms with E-state index in [0.29, 0.717) is 25.9 Å². The van der Waals surface area contributed by atoms with E-state index in [1.54, 1.807) is 12.2 Å². The number of carbonyl (C=O) groups excluding carboxylic acids is 1. The highest BCUT2D eigenvalue weighted by atomic mass is 16.6. The van der Waals surface area contributed by atoms with E-state index in [1.165, 1.54) is 11.6 Å². The summed E-state index contributed by atoms with van der Waals surface area (Å²) in [6.45, 7) is 6.74. The van der Waals surface area contributed by atoms with Crippen LogP contribution in [0.2, 0.25) is 0 Å². The van der Waals surface area contributed by atoms with Crippen LogP contribution in [0, 0.1) is 0 Å². The minimum Gasteiger partial charge on any atom is -0.456 e. The zero-order valence-corrected chi connectivity index (χ0v) is 21.2. The summed E-state index contributed by atoms with van der Waals surface area (Å²) >= 11 is 0. The van der Waals surface area contributed by atoms with Gasteiger partial charge in [0, 0.05) is 12.5 Å². The molecule has 4 rings (SSSR count). The Bertz CT molecular complexity index is 888. The molecular formula is C29H40O7. The fraction of sp³-hybridized carbons (Fsp3) is 0.621. The Balaban J connectivity index is 1.42. The largest absolute Gasteiger partial charge is 0.456 e. The number of rotatable bonds is 3. The fourth-order valence-corrected chi connectivity index (χ4v) is 5.05. The normalized spacial score (nSPS) is 38.3. The van der Waals surface area contributed by atoms with Gasteiger partial charge in [-0.2, -0.15) is 0 Å². The molecule has 4 aliphatic heterocycles. The number of aliphatic hydroxyl groups excluding tert-OH is 2. The maximum Gasteiger partial charge on any atom is 0.330 e. The lowest BCUT2D eigenvalue weighted by Gasteiger charge is -2.25. The highest BCUT2D eigenvalue weighted by molar-refractivity contribution is 5.82. The number of ether oxygens (including phenoxy) is 4. The van der Waals surface area contributed by atoms with Gasteiger partial charge < -0.3 is 29.2 Å². The number of hydrogen-bond donors (Lipinski definition) is 2. The first-order valence-electron chi connectivity index (χ1n) is 13.2. The third kappa shape index (κ3) is 8.25. The van der Waals surface area contributed by atoms with Gasteiger partial charge in [0.15, 0.2) is 0 Å². The van der Waals surface area contributed by atoms with Gasteiger partial charge in [-0.15, -0.1) is 0 Å². The molecule has 0 aromatic heterocycles. The molecule has 8 atom stereocenters. The summed E-state index contributed by atoms with van der Waals surface area (Å²) < 4.78 is 23.2. The molecule has 1 fully saturated rings. The molecule has 0 aromatic rings. The van der Waals surface area contributed by atoms with Crippen molar-refractivity contribution < 1.29 is 34.0 Å². The first-order valence-corrected chi connectivity index (χ1v) is 13.2. The van der Waals surface area contributed by atoms with Gasteiger partial charge in [0.2, 0.25) is 0 Å². The van der Waals surface area contributed by atoms with Crippen molar-refractivity contribution in [2.24, 2.45) is 0 Å². The molecule has 0 aliphatic carbocycles. The van der Waals surface area contributed by atoms with E-state index in [0.717, 1.165) is 37.7 Å². The summed E-state index contributed by atoms with van der Waals surface area (Å²) in [6, 6.07) is 0. The second-order valence-electron chi connectivity index (χ2n) is 10.4. The highest BCUT2D eigenvalue weighted by Gasteiger charge is 2.46. The molecule has 4 aliphatic rings. The smallest absolute Gasteiger partial charge is 0.330 e. The number of aliphatic hydroxyl groups is 2. The number of hydrogen-bond acceptors (Lipinski definition) is 7. The van der Waals surface area contributed by atoms with Crippen LogP contribution in [-0.4, -0.2) is 71.6 Å². The van der Waals surface area contributed by atoms with Crippen LogP contribution < -0.4 is 0 Å². The lowest BCUT2D eigenvalue weighted by atomic mass is 9.97. The van der Waals surface area contributed by atoms with Gasteiger partial charge >= 0.3 is 5.97 Å². The topological polar surface area (TPSA) is 97.8 Å². The lowest BCUT2D eigenvalue weighted by Crippen LogP contribution is -2.32. The molecule has 7 heteroatoms. The van der Waals surface area contributed by atoms with E-state index in [-0.39, 0.29) is 30.5 Å². The minimum absolute atomic E-state index is 0.0194. The van der Waals surface area contributed by atoms with Crippen molar-refractivity contribution in [1.82, 2.24) is 0 Å². The van der Waals surface area contributed by atoms with Crippen molar-refractivity contribution in [3.63, 3.8) is 0 Å². The van der Waals surface area contributed by atoms with Crippen molar-refractivity contribution in [3.8, 4) is 0 Å². The minimum atomic E-state index is -1.02. The van der Waals surface area contributed by atoms with Crippen LogP contribution >= 0.6 is 0 Å². The van der Waals surface area contributed by atoms with Crippen LogP contribution in [0.25, 0.3) is 0 Å². The number of cyclic esters (lactones) is 1. The Kier molecular flexibility index (Phi) is 9.73. The first kappa shape index (κ1) is 27.0. The Morgan fingerprint density at radius 2 is 2.03 bits per heavy atom. The number of esters is 1. The molecule has 0 radical (unpaired) electrons. The van der Waals surface area contributed by atoms with E-state index in [9.17, 15) is 15.0 Å². The summed E-state index contributed by atoms with van der Waals surface area (Å²) in [5.41, 5.74) is 2.23. The molecule has 0 saturated carbocycles. The molecule has 0 spiro atoms. The third-order valence-corrected chi connectivity index (χ3v) is 7.19. The SMILES string of the molecule is C=C1CCC[C@@H]2C=CC[C@@H](C/C=C\C(=O)O[C@H]([C@@H](O)/C=C/[C@@H]3CC(C)=CCO3)C[C@H]3O[C@H]3[C@@H](O)C1)O2. The van der Waals surface area contributed by atoms with Crippen molar-refractivity contribution in [2.75, 3.05) is 6.61 Å². The molecule has 36 heavy (non-hydrogen) atoms. The molecular weight excluding hydrogens is 460 g/mol. The molecule has 198 valence electrons. The number of epoxide rings is 1. The van der Waals surface area contributed by atoms with Crippen molar-refractivity contribution in [3.05, 3.63) is 60.3 Å². The second kappa shape index (κ2) is 13.0. The quantitative estimate of drug-likeness (QED) is 0.345. The van der Waals surface area contributed by atoms with Crippen LogP contribution in [-0.2, 0) is 23.7 Å². The van der Waals surface area contributed by atoms with Crippen molar-refractivity contribution >= 4 is 5.97 Å². The predicted octanol–water partition coefficient (Wildman–Crippen LogP) is 3.86. The van der Waals surface area contributed by atoms with Crippen LogP contribution in [0.5, 0.6) is 0 Å². The monoisotopic (exact) mass is 500 g/mol. The first-order chi connectivity index (χ1) is 17.4. The summed E-state index contributed by atoms with van der Waals surface area (Å²) in [5, 5.41) is 21.5. The van der Waals surface area contributed by atoms with Crippen LogP contribution in [0.15, 0.2) is 60.3 Å². The highest BCUT2D eigenvalue weighted by Crippen LogP contribution is 2.34. The lowest BCUT2D eigenvalue weighted by molar-refractivity contribution is -0.148. The van der Waals surface area contributed by atoms with E-state index in [4.69, 9.17) is 18.9 Å². The van der Waals surface area contributed by atoms with Gasteiger partial charge in [-0.05, 0) is 51.9 Å². The Morgan fingerprint density at radius 1 is 1.19 bits per heavy atom. The predicted molar refractivity (Wildman–Crippen MR) is 136 cm³/mol. The molecule has 4 heterocycles. The van der Waals surface area contributed by atoms with E-state index in [2.05, 4.69) is 25.7 Å². The standard InChI is InChI=1S/C29H40O7/c1-19-6-3-7-21-8-4-9-22(34-21)10-5-11-28(32)35-26(18-27-29(36-27)25(31)17-19)24(30)13-12-23-16-20(2)14-15-33-23/h4-5,8,11-14,21-27,29-31H,1,3,6-7,9-10,15-18H2,2H3/b11-5-,13-12+/t21-,22+,23-,24+,25+,26+,27-,29+/m1/s1. The van der Waals surface area contributed by atoms with E-state index >= 15 is 0 Å². The summed E-state index contributed by atoms with van der Waals surface area (Å²) in [5.74, 6) is -0.518. The molecule has 2 N–H and O–H groups in total. The molecule has 0 amide bonds. The van der Waals surface area contributed by atoms with Crippen molar-refractivity contribution in [2.45, 2.75) is 107 Å². The zero-order valence-electron chi connectivity index (χ0n) is 21.2. The zero-order chi connectivity index (χ0) is 25.5. The van der Waals surface area contributed by atoms with Gasteiger partial charge in [-0.25, -0.2) is 4.79 Å². The van der Waals surface area contributed by atoms with Crippen LogP contribution in [0.3, 0.4) is 0 Å². The molecule has 7 nitrogen and oxygen atoms in total. The van der Waals surface area contributed by atoms with E-state index in [1.807, 2.05) is 12.2 Å². The molecule has 0 unspecified atom stereocenters. The second-order valence-corrected chi connectivity index (χ2v) is 10.4. The van der Waals surface area contributed by atoms with E-state index < -0.39 is 24.3 Å². The van der Waals surface area contributed by atoms with Crippen molar-refractivity contribution in [1.29, 1.82) is 0 Å². The summed E-state index contributed by atoms with van der Waals surface area (Å²) in [4.78, 5) is 12.6. The maximum atomic E-state index is 12.6. The number of fused-ring (bicyclic) bond motifs is 3. The van der Waals surface area contributed by atoms with Gasteiger partial charge in [0.1, 0.15) is 18.3 Å².